The SMILES string of the molecule is C[C@H]1CN(C(=O)Nc2cnn(C(C)(C)C)c2)C[C@]2(CCOC2)O1. The van der Waals surface area contributed by atoms with Crippen molar-refractivity contribution in [3.05, 3.63) is 12.4 Å². The summed E-state index contributed by atoms with van der Waals surface area (Å²) in [5.74, 6) is 0. The molecule has 2 aliphatic heterocycles. The molecule has 0 aliphatic carbocycles. The Labute approximate surface area is 136 Å². The first kappa shape index (κ1) is 16.3. The first-order valence-electron chi connectivity index (χ1n) is 8.14. The van der Waals surface area contributed by atoms with Crippen LogP contribution in [0, 0.1) is 0 Å². The molecule has 1 N–H and O–H groups in total. The fraction of sp³-hybridized carbons (Fsp3) is 0.750. The highest BCUT2D eigenvalue weighted by atomic mass is 16.6. The molecule has 128 valence electrons. The number of carbonyl (C=O) groups excluding carboxylic acids is 1. The van der Waals surface area contributed by atoms with E-state index >= 15 is 0 Å². The monoisotopic (exact) mass is 322 g/mol. The van der Waals surface area contributed by atoms with Crippen LogP contribution in [-0.4, -0.2) is 58.7 Å². The van der Waals surface area contributed by atoms with Crippen LogP contribution in [0.3, 0.4) is 0 Å². The van der Waals surface area contributed by atoms with Gasteiger partial charge in [-0.2, -0.15) is 5.10 Å². The Morgan fingerprint density at radius 2 is 2.26 bits per heavy atom. The maximum absolute atomic E-state index is 12.6. The zero-order chi connectivity index (χ0) is 16.7. The molecular weight excluding hydrogens is 296 g/mol. The average Bonchev–Trinajstić information content (AvgIpc) is 3.07. The van der Waals surface area contributed by atoms with E-state index in [0.717, 1.165) is 6.42 Å². The largest absolute Gasteiger partial charge is 0.378 e. The molecule has 0 bridgehead atoms. The molecule has 7 nitrogen and oxygen atoms in total. The third kappa shape index (κ3) is 3.50. The number of anilines is 1. The molecular formula is C16H26N4O3. The number of ether oxygens (including phenoxy) is 2. The predicted octanol–water partition coefficient (Wildman–Crippen LogP) is 2.05. The minimum absolute atomic E-state index is 0.00787. The van der Waals surface area contributed by atoms with E-state index in [1.54, 1.807) is 6.20 Å². The molecule has 7 heteroatoms. The van der Waals surface area contributed by atoms with Crippen molar-refractivity contribution in [2.45, 2.75) is 51.4 Å². The third-order valence-corrected chi connectivity index (χ3v) is 4.28. The van der Waals surface area contributed by atoms with E-state index < -0.39 is 0 Å². The second-order valence-electron chi connectivity index (χ2n) is 7.57. The number of rotatable bonds is 1. The van der Waals surface area contributed by atoms with Crippen molar-refractivity contribution in [1.82, 2.24) is 14.7 Å². The number of amides is 2. The maximum atomic E-state index is 12.6. The number of urea groups is 1. The van der Waals surface area contributed by atoms with Crippen molar-refractivity contribution >= 4 is 11.7 Å². The number of morpholine rings is 1. The second-order valence-corrected chi connectivity index (χ2v) is 7.57. The molecule has 0 aromatic carbocycles. The highest BCUT2D eigenvalue weighted by molar-refractivity contribution is 5.89. The molecule has 2 fully saturated rings. The van der Waals surface area contributed by atoms with Crippen LogP contribution >= 0.6 is 0 Å². The van der Waals surface area contributed by atoms with E-state index in [2.05, 4.69) is 31.2 Å². The van der Waals surface area contributed by atoms with Crippen LogP contribution < -0.4 is 5.32 Å². The summed E-state index contributed by atoms with van der Waals surface area (Å²) < 4.78 is 13.4. The van der Waals surface area contributed by atoms with Gasteiger partial charge >= 0.3 is 6.03 Å². The van der Waals surface area contributed by atoms with Gasteiger partial charge in [0.1, 0.15) is 5.60 Å². The quantitative estimate of drug-likeness (QED) is 0.859. The molecule has 2 aliphatic rings. The van der Waals surface area contributed by atoms with Crippen molar-refractivity contribution in [2.75, 3.05) is 31.6 Å². The van der Waals surface area contributed by atoms with Crippen molar-refractivity contribution in [3.63, 3.8) is 0 Å². The molecule has 3 heterocycles. The lowest BCUT2D eigenvalue weighted by Crippen LogP contribution is -2.57. The van der Waals surface area contributed by atoms with Gasteiger partial charge in [0.25, 0.3) is 0 Å². The van der Waals surface area contributed by atoms with Gasteiger partial charge in [-0.3, -0.25) is 4.68 Å². The number of carbonyl (C=O) groups is 1. The van der Waals surface area contributed by atoms with Gasteiger partial charge in [0.15, 0.2) is 0 Å². The molecule has 1 aromatic rings. The minimum Gasteiger partial charge on any atom is -0.378 e. The summed E-state index contributed by atoms with van der Waals surface area (Å²) in [6.45, 7) is 10.6. The highest BCUT2D eigenvalue weighted by Crippen LogP contribution is 2.30. The molecule has 2 saturated heterocycles. The molecule has 0 saturated carbocycles. The lowest BCUT2D eigenvalue weighted by molar-refractivity contribution is -0.136. The lowest BCUT2D eigenvalue weighted by atomic mass is 9.99. The highest BCUT2D eigenvalue weighted by Gasteiger charge is 2.44. The lowest BCUT2D eigenvalue weighted by Gasteiger charge is -2.42. The zero-order valence-electron chi connectivity index (χ0n) is 14.3. The second kappa shape index (κ2) is 5.79. The van der Waals surface area contributed by atoms with E-state index in [-0.39, 0.29) is 23.3 Å². The molecule has 2 atom stereocenters. The summed E-state index contributed by atoms with van der Waals surface area (Å²) in [5, 5.41) is 7.25. The molecule has 3 rings (SSSR count). The number of hydrogen-bond acceptors (Lipinski definition) is 4. The smallest absolute Gasteiger partial charge is 0.322 e. The van der Waals surface area contributed by atoms with Crippen LogP contribution in [-0.2, 0) is 15.0 Å². The molecule has 1 spiro atoms. The van der Waals surface area contributed by atoms with Gasteiger partial charge in [-0.05, 0) is 27.7 Å². The molecule has 1 aromatic heterocycles. The first-order chi connectivity index (χ1) is 10.8. The van der Waals surface area contributed by atoms with Crippen LogP contribution in [0.2, 0.25) is 0 Å². The van der Waals surface area contributed by atoms with Crippen molar-refractivity contribution < 1.29 is 14.3 Å². The Bertz CT molecular complexity index is 572. The first-order valence-corrected chi connectivity index (χ1v) is 8.14. The Balaban J connectivity index is 1.66. The van der Waals surface area contributed by atoms with Gasteiger partial charge in [-0.1, -0.05) is 0 Å². The molecule has 0 unspecified atom stereocenters. The number of nitrogens with zero attached hydrogens (tertiary/aromatic N) is 3. The predicted molar refractivity (Wildman–Crippen MR) is 86.5 cm³/mol. The van der Waals surface area contributed by atoms with Gasteiger partial charge in [0.2, 0.25) is 0 Å². The maximum Gasteiger partial charge on any atom is 0.322 e. The van der Waals surface area contributed by atoms with Gasteiger partial charge < -0.3 is 19.7 Å². The summed E-state index contributed by atoms with van der Waals surface area (Å²) in [4.78, 5) is 14.4. The van der Waals surface area contributed by atoms with Gasteiger partial charge in [0.05, 0.1) is 36.7 Å². The van der Waals surface area contributed by atoms with Gasteiger partial charge in [0, 0.05) is 25.8 Å². The van der Waals surface area contributed by atoms with Crippen LogP contribution in [0.1, 0.15) is 34.1 Å². The Morgan fingerprint density at radius 3 is 2.87 bits per heavy atom. The number of hydrogen-bond donors (Lipinski definition) is 1. The van der Waals surface area contributed by atoms with Crippen LogP contribution in [0.4, 0.5) is 10.5 Å². The third-order valence-electron chi connectivity index (χ3n) is 4.28. The molecule has 23 heavy (non-hydrogen) atoms. The summed E-state index contributed by atoms with van der Waals surface area (Å²) in [6, 6.07) is -0.111. The van der Waals surface area contributed by atoms with E-state index in [0.29, 0.717) is 32.0 Å². The Kier molecular flexibility index (Phi) is 4.10. The Hall–Kier alpha value is -1.60. The van der Waals surface area contributed by atoms with E-state index in [1.807, 2.05) is 22.7 Å². The summed E-state index contributed by atoms with van der Waals surface area (Å²) >= 11 is 0. The Morgan fingerprint density at radius 1 is 1.48 bits per heavy atom. The van der Waals surface area contributed by atoms with E-state index in [4.69, 9.17) is 9.47 Å². The standard InChI is InChI=1S/C16H26N4O3/c1-12-8-19(10-16(23-12)5-6-22-11-16)14(21)18-13-7-17-20(9-13)15(2,3)4/h7,9,12H,5-6,8,10-11H2,1-4H3,(H,18,21)/t12-,16-/m0/s1. The average molecular weight is 322 g/mol. The number of aromatic nitrogens is 2. The summed E-state index contributed by atoms with van der Waals surface area (Å²) in [6.07, 6.45) is 4.38. The van der Waals surface area contributed by atoms with Crippen LogP contribution in [0.15, 0.2) is 12.4 Å². The van der Waals surface area contributed by atoms with E-state index in [9.17, 15) is 4.79 Å². The molecule has 2 amide bonds. The summed E-state index contributed by atoms with van der Waals surface area (Å²) in [7, 11) is 0. The summed E-state index contributed by atoms with van der Waals surface area (Å²) in [5.41, 5.74) is 0.257. The van der Waals surface area contributed by atoms with Gasteiger partial charge in [-0.15, -0.1) is 0 Å². The minimum atomic E-state index is -0.343. The van der Waals surface area contributed by atoms with E-state index in [1.165, 1.54) is 0 Å². The fourth-order valence-corrected chi connectivity index (χ4v) is 3.14. The normalized spacial score (nSPS) is 28.3. The number of nitrogens with one attached hydrogen (secondary N) is 1. The molecule has 0 radical (unpaired) electrons. The van der Waals surface area contributed by atoms with Crippen LogP contribution in [0.25, 0.3) is 0 Å². The van der Waals surface area contributed by atoms with Crippen LogP contribution in [0.5, 0.6) is 0 Å². The topological polar surface area (TPSA) is 68.6 Å². The zero-order valence-corrected chi connectivity index (χ0v) is 14.3. The fourth-order valence-electron chi connectivity index (χ4n) is 3.14. The van der Waals surface area contributed by atoms with Crippen molar-refractivity contribution in [1.29, 1.82) is 0 Å². The van der Waals surface area contributed by atoms with Crippen molar-refractivity contribution in [2.24, 2.45) is 0 Å². The van der Waals surface area contributed by atoms with Gasteiger partial charge in [-0.25, -0.2) is 4.79 Å². The van der Waals surface area contributed by atoms with Crippen molar-refractivity contribution in [3.8, 4) is 0 Å².